The minimum atomic E-state index is -0.190. The lowest BCUT2D eigenvalue weighted by atomic mass is 10.2. The van der Waals surface area contributed by atoms with Crippen molar-refractivity contribution in [3.63, 3.8) is 0 Å². The normalized spacial score (nSPS) is 18.1. The van der Waals surface area contributed by atoms with Crippen molar-refractivity contribution in [1.82, 2.24) is 5.32 Å². The topological polar surface area (TPSA) is 67.4 Å². The summed E-state index contributed by atoms with van der Waals surface area (Å²) in [4.78, 5) is 23.9. The summed E-state index contributed by atoms with van der Waals surface area (Å²) in [5, 5.41) is 6.12. The molecular weight excluding hydrogens is 352 g/mol. The Labute approximate surface area is 157 Å². The molecule has 1 saturated carbocycles. The van der Waals surface area contributed by atoms with Crippen molar-refractivity contribution in [3.8, 4) is 11.5 Å². The third-order valence-electron chi connectivity index (χ3n) is 4.32. The van der Waals surface area contributed by atoms with Gasteiger partial charge in [-0.3, -0.25) is 9.59 Å². The number of anilines is 1. The van der Waals surface area contributed by atoms with Crippen molar-refractivity contribution in [2.24, 2.45) is 11.8 Å². The van der Waals surface area contributed by atoms with E-state index in [2.05, 4.69) is 10.6 Å². The Balaban J connectivity index is 1.55. The standard InChI is InChI=1S/C20H21ClN2O3/c1-13-12-14(13)20(25)22-11-10-19(24)23-16-7-3-5-9-18(16)26-17-8-4-2-6-15(17)21/h2-9,13-14H,10-12H2,1H3,(H,22,25)(H,23,24). The van der Waals surface area contributed by atoms with E-state index in [4.69, 9.17) is 16.3 Å². The van der Waals surface area contributed by atoms with Crippen LogP contribution in [0.2, 0.25) is 5.02 Å². The molecular formula is C20H21ClN2O3. The molecule has 5 nitrogen and oxygen atoms in total. The van der Waals surface area contributed by atoms with Gasteiger partial charge in [-0.05, 0) is 36.6 Å². The van der Waals surface area contributed by atoms with Crippen LogP contribution in [0, 0.1) is 11.8 Å². The molecule has 2 amide bonds. The lowest BCUT2D eigenvalue weighted by molar-refractivity contribution is -0.122. The highest BCUT2D eigenvalue weighted by molar-refractivity contribution is 6.32. The van der Waals surface area contributed by atoms with Gasteiger partial charge >= 0.3 is 0 Å². The predicted octanol–water partition coefficient (Wildman–Crippen LogP) is 4.23. The molecule has 6 heteroatoms. The summed E-state index contributed by atoms with van der Waals surface area (Å²) in [7, 11) is 0. The maximum Gasteiger partial charge on any atom is 0.226 e. The highest BCUT2D eigenvalue weighted by atomic mass is 35.5. The van der Waals surface area contributed by atoms with Crippen LogP contribution >= 0.6 is 11.6 Å². The monoisotopic (exact) mass is 372 g/mol. The number of nitrogens with one attached hydrogen (secondary N) is 2. The number of para-hydroxylation sites is 3. The number of carbonyl (C=O) groups excluding carboxylic acids is 2. The molecule has 1 aliphatic carbocycles. The third kappa shape index (κ3) is 4.76. The molecule has 0 bridgehead atoms. The Morgan fingerprint density at radius 1 is 1.12 bits per heavy atom. The van der Waals surface area contributed by atoms with E-state index in [1.807, 2.05) is 31.2 Å². The van der Waals surface area contributed by atoms with Gasteiger partial charge in [0.15, 0.2) is 5.75 Å². The van der Waals surface area contributed by atoms with Crippen LogP contribution in [-0.2, 0) is 9.59 Å². The number of ether oxygens (including phenoxy) is 1. The van der Waals surface area contributed by atoms with Crippen molar-refractivity contribution in [3.05, 3.63) is 53.6 Å². The van der Waals surface area contributed by atoms with Crippen LogP contribution in [0.15, 0.2) is 48.5 Å². The number of hydrogen-bond donors (Lipinski definition) is 2. The molecule has 1 aliphatic rings. The van der Waals surface area contributed by atoms with Gasteiger partial charge in [0.1, 0.15) is 5.75 Å². The van der Waals surface area contributed by atoms with E-state index in [1.165, 1.54) is 0 Å². The fraction of sp³-hybridized carbons (Fsp3) is 0.300. The maximum atomic E-state index is 12.2. The van der Waals surface area contributed by atoms with Crippen LogP contribution in [0.5, 0.6) is 11.5 Å². The zero-order valence-corrected chi connectivity index (χ0v) is 15.3. The summed E-state index contributed by atoms with van der Waals surface area (Å²) >= 11 is 6.12. The van der Waals surface area contributed by atoms with E-state index in [1.54, 1.807) is 24.3 Å². The molecule has 0 heterocycles. The average Bonchev–Trinajstić information content (AvgIpc) is 3.35. The molecule has 1 fully saturated rings. The molecule has 0 saturated heterocycles. The molecule has 0 aliphatic heterocycles. The van der Waals surface area contributed by atoms with Crippen molar-refractivity contribution < 1.29 is 14.3 Å². The van der Waals surface area contributed by atoms with Crippen LogP contribution < -0.4 is 15.4 Å². The summed E-state index contributed by atoms with van der Waals surface area (Å²) in [6, 6.07) is 14.3. The molecule has 2 unspecified atom stereocenters. The first-order valence-electron chi connectivity index (χ1n) is 8.63. The molecule has 0 aromatic heterocycles. The number of amides is 2. The molecule has 136 valence electrons. The van der Waals surface area contributed by atoms with Crippen LogP contribution in [0.3, 0.4) is 0 Å². The van der Waals surface area contributed by atoms with E-state index in [0.29, 0.717) is 34.7 Å². The van der Waals surface area contributed by atoms with Crippen LogP contribution in [-0.4, -0.2) is 18.4 Å². The molecule has 0 radical (unpaired) electrons. The first-order valence-corrected chi connectivity index (χ1v) is 9.01. The fourth-order valence-corrected chi connectivity index (χ4v) is 2.81. The van der Waals surface area contributed by atoms with Crippen LogP contribution in [0.4, 0.5) is 5.69 Å². The second-order valence-electron chi connectivity index (χ2n) is 6.44. The van der Waals surface area contributed by atoms with Crippen molar-refractivity contribution >= 4 is 29.1 Å². The minimum absolute atomic E-state index is 0.0350. The first kappa shape index (κ1) is 18.3. The number of rotatable bonds is 7. The number of hydrogen-bond acceptors (Lipinski definition) is 3. The van der Waals surface area contributed by atoms with Gasteiger partial charge in [-0.1, -0.05) is 42.8 Å². The average molecular weight is 373 g/mol. The Bertz CT molecular complexity index is 809. The van der Waals surface area contributed by atoms with Gasteiger partial charge in [-0.2, -0.15) is 0 Å². The van der Waals surface area contributed by atoms with Crippen molar-refractivity contribution in [2.75, 3.05) is 11.9 Å². The van der Waals surface area contributed by atoms with E-state index in [-0.39, 0.29) is 24.2 Å². The number of benzene rings is 2. The molecule has 2 N–H and O–H groups in total. The van der Waals surface area contributed by atoms with Crippen molar-refractivity contribution in [2.45, 2.75) is 19.8 Å². The van der Waals surface area contributed by atoms with Gasteiger partial charge in [0.05, 0.1) is 10.7 Å². The van der Waals surface area contributed by atoms with E-state index in [9.17, 15) is 9.59 Å². The van der Waals surface area contributed by atoms with Crippen LogP contribution in [0.25, 0.3) is 0 Å². The summed E-state index contributed by atoms with van der Waals surface area (Å²) in [5.74, 6) is 1.43. The van der Waals surface area contributed by atoms with E-state index >= 15 is 0 Å². The van der Waals surface area contributed by atoms with Gasteiger partial charge in [0.2, 0.25) is 11.8 Å². The van der Waals surface area contributed by atoms with Crippen molar-refractivity contribution in [1.29, 1.82) is 0 Å². The summed E-state index contributed by atoms with van der Waals surface area (Å²) < 4.78 is 5.82. The quantitative estimate of drug-likeness (QED) is 0.764. The first-order chi connectivity index (χ1) is 12.5. The Morgan fingerprint density at radius 2 is 1.77 bits per heavy atom. The second-order valence-corrected chi connectivity index (χ2v) is 6.84. The largest absolute Gasteiger partial charge is 0.454 e. The van der Waals surface area contributed by atoms with Crippen LogP contribution in [0.1, 0.15) is 19.8 Å². The molecule has 0 spiro atoms. The van der Waals surface area contributed by atoms with E-state index in [0.717, 1.165) is 6.42 Å². The third-order valence-corrected chi connectivity index (χ3v) is 4.63. The van der Waals surface area contributed by atoms with E-state index < -0.39 is 0 Å². The zero-order chi connectivity index (χ0) is 18.5. The Morgan fingerprint density at radius 3 is 2.46 bits per heavy atom. The fourth-order valence-electron chi connectivity index (χ4n) is 2.64. The Hall–Kier alpha value is -2.53. The smallest absolute Gasteiger partial charge is 0.226 e. The molecule has 2 atom stereocenters. The predicted molar refractivity (Wildman–Crippen MR) is 101 cm³/mol. The maximum absolute atomic E-state index is 12.2. The second kappa shape index (κ2) is 8.23. The molecule has 2 aromatic rings. The highest BCUT2D eigenvalue weighted by Crippen LogP contribution is 2.37. The Kier molecular flexibility index (Phi) is 5.78. The lowest BCUT2D eigenvalue weighted by Crippen LogP contribution is -2.29. The number of halogens is 1. The minimum Gasteiger partial charge on any atom is -0.454 e. The molecule has 26 heavy (non-hydrogen) atoms. The summed E-state index contributed by atoms with van der Waals surface area (Å²) in [6.45, 7) is 2.37. The zero-order valence-electron chi connectivity index (χ0n) is 14.5. The van der Waals surface area contributed by atoms with Gasteiger partial charge in [-0.15, -0.1) is 0 Å². The van der Waals surface area contributed by atoms with Gasteiger partial charge in [-0.25, -0.2) is 0 Å². The lowest BCUT2D eigenvalue weighted by Gasteiger charge is -2.13. The summed E-state index contributed by atoms with van der Waals surface area (Å²) in [6.07, 6.45) is 1.14. The SMILES string of the molecule is CC1CC1C(=O)NCCC(=O)Nc1ccccc1Oc1ccccc1Cl. The molecule has 3 rings (SSSR count). The number of carbonyl (C=O) groups is 2. The molecule has 2 aromatic carbocycles. The summed E-state index contributed by atoms with van der Waals surface area (Å²) in [5.41, 5.74) is 0.555. The van der Waals surface area contributed by atoms with Gasteiger partial charge < -0.3 is 15.4 Å². The van der Waals surface area contributed by atoms with Gasteiger partial charge in [0, 0.05) is 18.9 Å². The van der Waals surface area contributed by atoms with Gasteiger partial charge in [0.25, 0.3) is 0 Å². The highest BCUT2D eigenvalue weighted by Gasteiger charge is 2.38.